The number of halogens is 1. The van der Waals surface area contributed by atoms with Crippen LogP contribution in [-0.4, -0.2) is 54.8 Å². The molecule has 1 rings (SSSR count). The van der Waals surface area contributed by atoms with Crippen LogP contribution in [0.5, 0.6) is 0 Å². The number of carbonyl (C=O) groups excluding carboxylic acids is 5. The number of hydrogen-bond donors (Lipinski definition) is 4. The molecule has 0 aliphatic heterocycles. The third kappa shape index (κ3) is 12.9. The van der Waals surface area contributed by atoms with E-state index >= 15 is 0 Å². The molecule has 0 bridgehead atoms. The molecule has 4 N–H and O–H groups in total. The zero-order chi connectivity index (χ0) is 28.7. The van der Waals surface area contributed by atoms with E-state index in [0.717, 1.165) is 0 Å². The minimum atomic E-state index is -0.872. The van der Waals surface area contributed by atoms with E-state index in [-0.39, 0.29) is 24.3 Å². The van der Waals surface area contributed by atoms with Gasteiger partial charge < -0.3 is 30.8 Å². The Kier molecular flexibility index (Phi) is 15.0. The van der Waals surface area contributed by atoms with Gasteiger partial charge in [0.15, 0.2) is 0 Å². The topological polar surface area (TPSA) is 143 Å². The first-order chi connectivity index (χ1) is 17.9. The molecule has 10 nitrogen and oxygen atoms in total. The van der Waals surface area contributed by atoms with Gasteiger partial charge in [0.1, 0.15) is 25.0 Å². The largest absolute Gasteiger partial charge is 0.445 e. The van der Waals surface area contributed by atoms with Crippen molar-refractivity contribution in [3.05, 3.63) is 34.9 Å². The standard InChI is InChI=1S/C27H41ClN4O6/c1-17(2)14-23(30-19(5)34)25(35)32-24(18(3)4)26(36)31-21(15-33)11-8-9-13-29-27(37)38-16-20-10-6-7-12-22(20)28/h6-7,10,12,15,17-18,21,23-24H,8-9,11,13-14,16H2,1-5H3,(H,29,37)(H,30,34)(H,31,36)(H,32,35)/t21-,23-,24-/m0/s1. The van der Waals surface area contributed by atoms with Gasteiger partial charge in [-0.15, -0.1) is 0 Å². The second-order valence-corrected chi connectivity index (χ2v) is 10.4. The van der Waals surface area contributed by atoms with Gasteiger partial charge in [0, 0.05) is 24.1 Å². The highest BCUT2D eigenvalue weighted by Crippen LogP contribution is 2.15. The van der Waals surface area contributed by atoms with Crippen molar-refractivity contribution in [1.82, 2.24) is 21.3 Å². The van der Waals surface area contributed by atoms with Gasteiger partial charge in [-0.1, -0.05) is 57.5 Å². The SMILES string of the molecule is CC(=O)N[C@@H](CC(C)C)C(=O)N[C@H](C(=O)N[C@H](C=O)CCCCNC(=O)OCc1ccccc1Cl)C(C)C. The summed E-state index contributed by atoms with van der Waals surface area (Å²) in [6.07, 6.45) is 2.01. The summed E-state index contributed by atoms with van der Waals surface area (Å²) in [5.74, 6) is -1.34. The second kappa shape index (κ2) is 17.4. The molecule has 212 valence electrons. The number of benzene rings is 1. The van der Waals surface area contributed by atoms with E-state index in [1.54, 1.807) is 38.1 Å². The molecule has 0 aromatic heterocycles. The normalized spacial score (nSPS) is 13.3. The summed E-state index contributed by atoms with van der Waals surface area (Å²) < 4.78 is 5.14. The smallest absolute Gasteiger partial charge is 0.407 e. The molecule has 38 heavy (non-hydrogen) atoms. The lowest BCUT2D eigenvalue weighted by molar-refractivity contribution is -0.133. The van der Waals surface area contributed by atoms with Crippen LogP contribution in [0.25, 0.3) is 0 Å². The highest BCUT2D eigenvalue weighted by Gasteiger charge is 2.29. The molecule has 0 fully saturated rings. The quantitative estimate of drug-likeness (QED) is 0.183. The van der Waals surface area contributed by atoms with E-state index in [1.165, 1.54) is 6.92 Å². The van der Waals surface area contributed by atoms with Gasteiger partial charge in [-0.25, -0.2) is 4.79 Å². The van der Waals surface area contributed by atoms with Crippen LogP contribution in [0.1, 0.15) is 65.9 Å². The number of rotatable bonds is 16. The Morgan fingerprint density at radius 2 is 1.66 bits per heavy atom. The second-order valence-electron chi connectivity index (χ2n) is 9.95. The molecule has 0 aliphatic rings. The maximum atomic E-state index is 12.9. The van der Waals surface area contributed by atoms with Crippen LogP contribution in [0, 0.1) is 11.8 Å². The number of unbranched alkanes of at least 4 members (excludes halogenated alkanes) is 1. The molecule has 1 aromatic carbocycles. The highest BCUT2D eigenvalue weighted by atomic mass is 35.5. The van der Waals surface area contributed by atoms with Crippen molar-refractivity contribution in [2.75, 3.05) is 6.54 Å². The van der Waals surface area contributed by atoms with E-state index in [1.807, 2.05) is 13.8 Å². The van der Waals surface area contributed by atoms with Crippen molar-refractivity contribution >= 4 is 41.7 Å². The summed E-state index contributed by atoms with van der Waals surface area (Å²) >= 11 is 6.04. The summed E-state index contributed by atoms with van der Waals surface area (Å²) in [4.78, 5) is 60.7. The average molecular weight is 553 g/mol. The molecule has 0 heterocycles. The van der Waals surface area contributed by atoms with Gasteiger partial charge in [-0.3, -0.25) is 14.4 Å². The minimum absolute atomic E-state index is 0.0569. The molecular weight excluding hydrogens is 512 g/mol. The molecule has 1 aromatic rings. The maximum Gasteiger partial charge on any atom is 0.407 e. The van der Waals surface area contributed by atoms with Gasteiger partial charge in [-0.05, 0) is 43.6 Å². The predicted octanol–water partition coefficient (Wildman–Crippen LogP) is 3.11. The minimum Gasteiger partial charge on any atom is -0.445 e. The molecule has 3 atom stereocenters. The van der Waals surface area contributed by atoms with Crippen molar-refractivity contribution in [3.63, 3.8) is 0 Å². The highest BCUT2D eigenvalue weighted by molar-refractivity contribution is 6.31. The molecule has 0 radical (unpaired) electrons. The average Bonchev–Trinajstić information content (AvgIpc) is 2.84. The summed E-state index contributed by atoms with van der Waals surface area (Å²) in [6, 6.07) is 4.71. The summed E-state index contributed by atoms with van der Waals surface area (Å²) in [6.45, 7) is 9.17. The van der Waals surface area contributed by atoms with Crippen LogP contribution in [0.4, 0.5) is 4.79 Å². The van der Waals surface area contributed by atoms with Crippen LogP contribution < -0.4 is 21.3 Å². The third-order valence-corrected chi connectivity index (χ3v) is 6.04. The Bertz CT molecular complexity index is 940. The fourth-order valence-corrected chi connectivity index (χ4v) is 3.86. The van der Waals surface area contributed by atoms with Crippen molar-refractivity contribution in [2.24, 2.45) is 11.8 Å². The Labute approximate surface area is 230 Å². The lowest BCUT2D eigenvalue weighted by Crippen LogP contribution is -2.56. The summed E-state index contributed by atoms with van der Waals surface area (Å²) in [7, 11) is 0. The number of aldehydes is 1. The first-order valence-electron chi connectivity index (χ1n) is 12.9. The fourth-order valence-electron chi connectivity index (χ4n) is 3.67. The molecule has 0 aliphatic carbocycles. The molecule has 4 amide bonds. The summed E-state index contributed by atoms with van der Waals surface area (Å²) in [5, 5.41) is 11.2. The Morgan fingerprint density at radius 3 is 2.24 bits per heavy atom. The number of amides is 4. The van der Waals surface area contributed by atoms with E-state index in [9.17, 15) is 24.0 Å². The van der Waals surface area contributed by atoms with Gasteiger partial charge in [0.25, 0.3) is 0 Å². The number of ether oxygens (including phenoxy) is 1. The number of hydrogen-bond acceptors (Lipinski definition) is 6. The molecule has 0 saturated carbocycles. The Morgan fingerprint density at radius 1 is 0.974 bits per heavy atom. The van der Waals surface area contributed by atoms with Gasteiger partial charge in [-0.2, -0.15) is 0 Å². The van der Waals surface area contributed by atoms with E-state index in [0.29, 0.717) is 49.1 Å². The van der Waals surface area contributed by atoms with Crippen molar-refractivity contribution in [3.8, 4) is 0 Å². The molecule has 0 unspecified atom stereocenters. The first-order valence-corrected chi connectivity index (χ1v) is 13.3. The molecule has 0 spiro atoms. The maximum absolute atomic E-state index is 12.9. The zero-order valence-electron chi connectivity index (χ0n) is 22.8. The zero-order valence-corrected chi connectivity index (χ0v) is 23.6. The predicted molar refractivity (Wildman–Crippen MR) is 145 cm³/mol. The fraction of sp³-hybridized carbons (Fsp3) is 0.593. The first kappa shape index (κ1) is 32.9. The van der Waals surface area contributed by atoms with Crippen LogP contribution >= 0.6 is 11.6 Å². The molecular formula is C27H41ClN4O6. The number of carbonyl (C=O) groups is 5. The van der Waals surface area contributed by atoms with Crippen LogP contribution in [0.3, 0.4) is 0 Å². The van der Waals surface area contributed by atoms with Crippen LogP contribution in [-0.2, 0) is 30.5 Å². The van der Waals surface area contributed by atoms with Crippen molar-refractivity contribution < 1.29 is 28.7 Å². The lowest BCUT2D eigenvalue weighted by atomic mass is 9.99. The third-order valence-electron chi connectivity index (χ3n) is 5.67. The number of alkyl carbamates (subject to hydrolysis) is 1. The van der Waals surface area contributed by atoms with Crippen LogP contribution in [0.15, 0.2) is 24.3 Å². The van der Waals surface area contributed by atoms with Gasteiger partial charge >= 0.3 is 6.09 Å². The van der Waals surface area contributed by atoms with E-state index < -0.39 is 36.0 Å². The van der Waals surface area contributed by atoms with E-state index in [2.05, 4.69) is 21.3 Å². The monoisotopic (exact) mass is 552 g/mol. The Hall–Kier alpha value is -3.14. The van der Waals surface area contributed by atoms with Crippen LogP contribution in [0.2, 0.25) is 5.02 Å². The Balaban J connectivity index is 2.48. The van der Waals surface area contributed by atoms with Gasteiger partial charge in [0.05, 0.1) is 6.04 Å². The van der Waals surface area contributed by atoms with Gasteiger partial charge in [0.2, 0.25) is 17.7 Å². The van der Waals surface area contributed by atoms with Crippen molar-refractivity contribution in [2.45, 2.75) is 85.0 Å². The summed E-state index contributed by atoms with van der Waals surface area (Å²) in [5.41, 5.74) is 0.704. The lowest BCUT2D eigenvalue weighted by Gasteiger charge is -2.26. The molecule has 0 saturated heterocycles. The number of nitrogens with one attached hydrogen (secondary N) is 4. The van der Waals surface area contributed by atoms with E-state index in [4.69, 9.17) is 16.3 Å². The van der Waals surface area contributed by atoms with Crippen molar-refractivity contribution in [1.29, 1.82) is 0 Å². The molecule has 11 heteroatoms.